The number of amides is 2. The molecule has 29 heavy (non-hydrogen) atoms. The van der Waals surface area contributed by atoms with Crippen molar-refractivity contribution in [3.05, 3.63) is 18.2 Å². The van der Waals surface area contributed by atoms with E-state index >= 15 is 0 Å². The van der Waals surface area contributed by atoms with Crippen LogP contribution in [0.4, 0.5) is 5.69 Å². The number of ether oxygens (including phenoxy) is 2. The molecule has 0 saturated carbocycles. The summed E-state index contributed by atoms with van der Waals surface area (Å²) in [5.41, 5.74) is 0.488. The molecule has 0 atom stereocenters. The van der Waals surface area contributed by atoms with Crippen molar-refractivity contribution in [2.45, 2.75) is 31.7 Å². The van der Waals surface area contributed by atoms with Crippen LogP contribution < -0.4 is 20.1 Å². The number of benzene rings is 1. The van der Waals surface area contributed by atoms with E-state index in [2.05, 4.69) is 27.3 Å². The SMILES string of the molecule is COc1ccc(NC(=O)C(=O)NCC2CCN(C3CCSCC3)CC2)cc1OC. The highest BCUT2D eigenvalue weighted by atomic mass is 32.2. The van der Waals surface area contributed by atoms with E-state index < -0.39 is 11.8 Å². The van der Waals surface area contributed by atoms with Crippen molar-refractivity contribution in [3.63, 3.8) is 0 Å². The summed E-state index contributed by atoms with van der Waals surface area (Å²) >= 11 is 2.06. The lowest BCUT2D eigenvalue weighted by Crippen LogP contribution is -2.45. The second-order valence-electron chi connectivity index (χ2n) is 7.56. The molecule has 2 N–H and O–H groups in total. The molecule has 3 rings (SSSR count). The summed E-state index contributed by atoms with van der Waals surface area (Å²) in [5, 5.41) is 5.40. The Morgan fingerprint density at radius 3 is 2.38 bits per heavy atom. The van der Waals surface area contributed by atoms with Gasteiger partial charge in [-0.1, -0.05) is 0 Å². The zero-order valence-electron chi connectivity index (χ0n) is 17.2. The van der Waals surface area contributed by atoms with E-state index in [0.717, 1.165) is 32.0 Å². The molecule has 1 aromatic rings. The van der Waals surface area contributed by atoms with E-state index in [4.69, 9.17) is 9.47 Å². The lowest BCUT2D eigenvalue weighted by Gasteiger charge is -2.39. The molecule has 0 aliphatic carbocycles. The zero-order chi connectivity index (χ0) is 20.6. The van der Waals surface area contributed by atoms with Crippen LogP contribution in [0.3, 0.4) is 0 Å². The number of likely N-dealkylation sites (tertiary alicyclic amines) is 1. The second-order valence-corrected chi connectivity index (χ2v) is 8.78. The Balaban J connectivity index is 1.41. The van der Waals surface area contributed by atoms with Gasteiger partial charge < -0.3 is 25.0 Å². The van der Waals surface area contributed by atoms with Crippen LogP contribution in [0, 0.1) is 5.92 Å². The summed E-state index contributed by atoms with van der Waals surface area (Å²) in [5.74, 6) is 2.76. The quantitative estimate of drug-likeness (QED) is 0.687. The minimum atomic E-state index is -0.672. The van der Waals surface area contributed by atoms with E-state index in [1.54, 1.807) is 25.3 Å². The largest absolute Gasteiger partial charge is 0.493 e. The molecule has 2 saturated heterocycles. The van der Waals surface area contributed by atoms with Gasteiger partial charge in [0.05, 0.1) is 14.2 Å². The molecule has 0 unspecified atom stereocenters. The molecular weight excluding hydrogens is 390 g/mol. The highest BCUT2D eigenvalue weighted by Gasteiger charge is 2.27. The van der Waals surface area contributed by atoms with Gasteiger partial charge in [0.15, 0.2) is 11.5 Å². The lowest BCUT2D eigenvalue weighted by atomic mass is 9.94. The summed E-state index contributed by atoms with van der Waals surface area (Å²) in [4.78, 5) is 27.0. The fraction of sp³-hybridized carbons (Fsp3) is 0.619. The number of hydrogen-bond donors (Lipinski definition) is 2. The summed E-state index contributed by atoms with van der Waals surface area (Å²) < 4.78 is 10.4. The third kappa shape index (κ3) is 6.02. The monoisotopic (exact) mass is 421 g/mol. The van der Waals surface area contributed by atoms with Gasteiger partial charge in [0.1, 0.15) is 0 Å². The van der Waals surface area contributed by atoms with Crippen LogP contribution in [0.2, 0.25) is 0 Å². The van der Waals surface area contributed by atoms with E-state index in [-0.39, 0.29) is 0 Å². The van der Waals surface area contributed by atoms with Gasteiger partial charge >= 0.3 is 11.8 Å². The molecule has 0 aromatic heterocycles. The van der Waals surface area contributed by atoms with Crippen molar-refractivity contribution in [2.24, 2.45) is 5.92 Å². The molecule has 160 valence electrons. The predicted octanol–water partition coefficient (Wildman–Crippen LogP) is 2.37. The summed E-state index contributed by atoms with van der Waals surface area (Å²) in [6.45, 7) is 2.73. The van der Waals surface area contributed by atoms with Crippen molar-refractivity contribution in [1.82, 2.24) is 10.2 Å². The van der Waals surface area contributed by atoms with E-state index in [1.165, 1.54) is 31.5 Å². The molecule has 2 fully saturated rings. The third-order valence-corrected chi connectivity index (χ3v) is 6.80. The van der Waals surface area contributed by atoms with E-state index in [9.17, 15) is 9.59 Å². The highest BCUT2D eigenvalue weighted by molar-refractivity contribution is 7.99. The number of piperidine rings is 1. The fourth-order valence-corrected chi connectivity index (χ4v) is 5.07. The first-order valence-electron chi connectivity index (χ1n) is 10.2. The van der Waals surface area contributed by atoms with Gasteiger partial charge in [0.25, 0.3) is 0 Å². The molecule has 2 heterocycles. The first-order valence-corrected chi connectivity index (χ1v) is 11.4. The average molecular weight is 422 g/mol. The molecule has 7 nitrogen and oxygen atoms in total. The predicted molar refractivity (Wildman–Crippen MR) is 116 cm³/mol. The Morgan fingerprint density at radius 1 is 1.03 bits per heavy atom. The van der Waals surface area contributed by atoms with Crippen LogP contribution in [0.25, 0.3) is 0 Å². The van der Waals surface area contributed by atoms with Crippen LogP contribution in [0.5, 0.6) is 11.5 Å². The number of methoxy groups -OCH3 is 2. The van der Waals surface area contributed by atoms with Gasteiger partial charge in [-0.15, -0.1) is 0 Å². The first kappa shape index (κ1) is 21.8. The standard InChI is InChI=1S/C21H31N3O4S/c1-27-18-4-3-16(13-19(18)28-2)23-21(26)20(25)22-14-15-5-9-24(10-6-15)17-7-11-29-12-8-17/h3-4,13,15,17H,5-12,14H2,1-2H3,(H,22,25)(H,23,26). The number of rotatable bonds is 6. The number of thioether (sulfide) groups is 1. The Kier molecular flexibility index (Phi) is 8.06. The Bertz CT molecular complexity index is 701. The number of nitrogens with one attached hydrogen (secondary N) is 2. The molecule has 0 spiro atoms. The van der Waals surface area contributed by atoms with Gasteiger partial charge in [0.2, 0.25) is 0 Å². The van der Waals surface area contributed by atoms with Gasteiger partial charge in [-0.05, 0) is 68.3 Å². The molecule has 2 aliphatic heterocycles. The third-order valence-electron chi connectivity index (χ3n) is 5.76. The van der Waals surface area contributed by atoms with E-state index in [0.29, 0.717) is 29.6 Å². The van der Waals surface area contributed by atoms with E-state index in [1.807, 2.05) is 0 Å². The minimum Gasteiger partial charge on any atom is -0.493 e. The van der Waals surface area contributed by atoms with Crippen LogP contribution in [0.1, 0.15) is 25.7 Å². The molecular formula is C21H31N3O4S. The number of anilines is 1. The second kappa shape index (κ2) is 10.7. The topological polar surface area (TPSA) is 79.9 Å². The molecule has 8 heteroatoms. The molecule has 1 aromatic carbocycles. The van der Waals surface area contributed by atoms with Crippen molar-refractivity contribution < 1.29 is 19.1 Å². The molecule has 0 bridgehead atoms. The summed E-state index contributed by atoms with van der Waals surface area (Å²) in [7, 11) is 3.07. The van der Waals surface area contributed by atoms with Crippen molar-refractivity contribution in [3.8, 4) is 11.5 Å². The van der Waals surface area contributed by atoms with Gasteiger partial charge in [-0.2, -0.15) is 11.8 Å². The number of carbonyl (C=O) groups is 2. The highest BCUT2D eigenvalue weighted by Crippen LogP contribution is 2.30. The first-order chi connectivity index (χ1) is 14.1. The zero-order valence-corrected chi connectivity index (χ0v) is 18.1. The molecule has 0 radical (unpaired) electrons. The van der Waals surface area contributed by atoms with Crippen molar-refractivity contribution in [1.29, 1.82) is 0 Å². The lowest BCUT2D eigenvalue weighted by molar-refractivity contribution is -0.136. The van der Waals surface area contributed by atoms with Gasteiger partial charge in [-0.3, -0.25) is 9.59 Å². The Morgan fingerprint density at radius 2 is 1.72 bits per heavy atom. The maximum absolute atomic E-state index is 12.2. The van der Waals surface area contributed by atoms with Crippen LogP contribution >= 0.6 is 11.8 Å². The van der Waals surface area contributed by atoms with Crippen LogP contribution in [0.15, 0.2) is 18.2 Å². The minimum absolute atomic E-state index is 0.432. The summed E-state index contributed by atoms with van der Waals surface area (Å²) in [6.07, 6.45) is 4.73. The van der Waals surface area contributed by atoms with Crippen LogP contribution in [-0.4, -0.2) is 68.1 Å². The fourth-order valence-electron chi connectivity index (χ4n) is 3.99. The normalized spacial score (nSPS) is 18.8. The summed E-state index contributed by atoms with van der Waals surface area (Å²) in [6, 6.07) is 5.72. The number of hydrogen-bond acceptors (Lipinski definition) is 6. The maximum atomic E-state index is 12.2. The number of carbonyl (C=O) groups excluding carboxylic acids is 2. The smallest absolute Gasteiger partial charge is 0.313 e. The van der Waals surface area contributed by atoms with Crippen molar-refractivity contribution >= 4 is 29.3 Å². The maximum Gasteiger partial charge on any atom is 0.313 e. The van der Waals surface area contributed by atoms with Crippen molar-refractivity contribution in [2.75, 3.05) is 50.7 Å². The number of nitrogens with zero attached hydrogens (tertiary/aromatic N) is 1. The van der Waals surface area contributed by atoms with Gasteiger partial charge in [0, 0.05) is 24.3 Å². The molecule has 2 aliphatic rings. The van der Waals surface area contributed by atoms with Gasteiger partial charge in [-0.25, -0.2) is 0 Å². The van der Waals surface area contributed by atoms with Crippen LogP contribution in [-0.2, 0) is 9.59 Å². The average Bonchev–Trinajstić information content (AvgIpc) is 2.78. The molecule has 2 amide bonds. The Hall–Kier alpha value is -1.93. The Labute approximate surface area is 176 Å².